The van der Waals surface area contributed by atoms with Crippen LogP contribution in [0.25, 0.3) is 0 Å². The van der Waals surface area contributed by atoms with Crippen LogP contribution < -0.4 is 5.32 Å². The molecular weight excluding hydrogens is 384 g/mol. The first-order chi connectivity index (χ1) is 11.4. The quantitative estimate of drug-likeness (QED) is 0.744. The van der Waals surface area contributed by atoms with Crippen molar-refractivity contribution in [3.05, 3.63) is 34.9 Å². The number of likely N-dealkylation sites (tertiary alicyclic amines) is 1. The van der Waals surface area contributed by atoms with Gasteiger partial charge in [-0.2, -0.15) is 13.2 Å². The molecular formula is C19H29Cl2F3N2. The van der Waals surface area contributed by atoms with Gasteiger partial charge in [-0.05, 0) is 75.8 Å². The maximum Gasteiger partial charge on any atom is 0.391 e. The van der Waals surface area contributed by atoms with Crippen molar-refractivity contribution in [2.75, 3.05) is 26.2 Å². The standard InChI is InChI=1S/C19H27F3N2.2ClH/c1-14-2-3-16(18(12-14)15-4-8-23-9-5-15)13-24-10-6-17(7-11-24)19(20,21)22;;/h2-3,12,15,17,23H,4-11,13H2,1H3;2*1H. The van der Waals surface area contributed by atoms with Crippen molar-refractivity contribution >= 4 is 24.8 Å². The summed E-state index contributed by atoms with van der Waals surface area (Å²) in [5, 5.41) is 3.40. The Hall–Kier alpha value is -0.490. The second-order valence-corrected chi connectivity index (χ2v) is 7.32. The molecule has 7 heteroatoms. The number of nitrogens with one attached hydrogen (secondary N) is 1. The minimum absolute atomic E-state index is 0. The molecule has 26 heavy (non-hydrogen) atoms. The molecule has 2 heterocycles. The Labute approximate surface area is 166 Å². The second kappa shape index (κ2) is 10.2. The van der Waals surface area contributed by atoms with Gasteiger partial charge in [0.25, 0.3) is 0 Å². The molecule has 0 radical (unpaired) electrons. The van der Waals surface area contributed by atoms with E-state index in [4.69, 9.17) is 0 Å². The Morgan fingerprint density at radius 2 is 1.65 bits per heavy atom. The molecule has 2 fully saturated rings. The molecule has 1 aromatic rings. The Balaban J connectivity index is 0.00000169. The summed E-state index contributed by atoms with van der Waals surface area (Å²) in [5.41, 5.74) is 3.98. The van der Waals surface area contributed by atoms with E-state index in [1.165, 1.54) is 16.7 Å². The molecule has 1 aromatic carbocycles. The van der Waals surface area contributed by atoms with Crippen LogP contribution >= 0.6 is 24.8 Å². The number of hydrogen-bond donors (Lipinski definition) is 1. The lowest BCUT2D eigenvalue weighted by atomic mass is 9.85. The molecule has 2 aliphatic heterocycles. The highest BCUT2D eigenvalue weighted by Gasteiger charge is 2.41. The van der Waals surface area contributed by atoms with E-state index in [1.54, 1.807) is 0 Å². The van der Waals surface area contributed by atoms with Crippen molar-refractivity contribution in [2.24, 2.45) is 5.92 Å². The largest absolute Gasteiger partial charge is 0.391 e. The molecule has 0 aromatic heterocycles. The molecule has 0 spiro atoms. The molecule has 0 saturated carbocycles. The van der Waals surface area contributed by atoms with Crippen molar-refractivity contribution in [1.29, 1.82) is 0 Å². The maximum absolute atomic E-state index is 12.8. The van der Waals surface area contributed by atoms with Crippen LogP contribution in [-0.4, -0.2) is 37.3 Å². The van der Waals surface area contributed by atoms with Gasteiger partial charge in [-0.3, -0.25) is 4.90 Å². The fourth-order valence-corrected chi connectivity index (χ4v) is 4.03. The third-order valence-corrected chi connectivity index (χ3v) is 5.52. The molecule has 3 rings (SSSR count). The van der Waals surface area contributed by atoms with Crippen molar-refractivity contribution in [1.82, 2.24) is 10.2 Å². The van der Waals surface area contributed by atoms with Crippen LogP contribution in [0.1, 0.15) is 48.3 Å². The summed E-state index contributed by atoms with van der Waals surface area (Å²) < 4.78 is 38.5. The molecule has 2 aliphatic rings. The third-order valence-electron chi connectivity index (χ3n) is 5.52. The number of alkyl halides is 3. The van der Waals surface area contributed by atoms with E-state index in [2.05, 4.69) is 35.3 Å². The normalized spacial score (nSPS) is 20.3. The Morgan fingerprint density at radius 3 is 2.23 bits per heavy atom. The fraction of sp³-hybridized carbons (Fsp3) is 0.684. The number of nitrogens with zero attached hydrogens (tertiary/aromatic N) is 1. The van der Waals surface area contributed by atoms with Crippen molar-refractivity contribution in [3.8, 4) is 0 Å². The van der Waals surface area contributed by atoms with E-state index < -0.39 is 12.1 Å². The first-order valence-corrected chi connectivity index (χ1v) is 9.02. The van der Waals surface area contributed by atoms with Crippen molar-refractivity contribution in [2.45, 2.75) is 51.2 Å². The molecule has 0 bridgehead atoms. The lowest BCUT2D eigenvalue weighted by molar-refractivity contribution is -0.185. The zero-order valence-electron chi connectivity index (χ0n) is 15.1. The average Bonchev–Trinajstić information content (AvgIpc) is 2.57. The molecule has 150 valence electrons. The van der Waals surface area contributed by atoms with Gasteiger partial charge < -0.3 is 5.32 Å². The van der Waals surface area contributed by atoms with Gasteiger partial charge in [-0.25, -0.2) is 0 Å². The summed E-state index contributed by atoms with van der Waals surface area (Å²) in [6, 6.07) is 6.60. The zero-order chi connectivity index (χ0) is 17.2. The predicted molar refractivity (Wildman–Crippen MR) is 105 cm³/mol. The van der Waals surface area contributed by atoms with E-state index in [-0.39, 0.29) is 37.7 Å². The monoisotopic (exact) mass is 412 g/mol. The van der Waals surface area contributed by atoms with Gasteiger partial charge in [0, 0.05) is 6.54 Å². The Bertz CT molecular complexity index is 552. The zero-order valence-corrected chi connectivity index (χ0v) is 16.8. The van der Waals surface area contributed by atoms with Crippen LogP contribution in [0, 0.1) is 12.8 Å². The summed E-state index contributed by atoms with van der Waals surface area (Å²) in [7, 11) is 0. The Kier molecular flexibility index (Phi) is 9.21. The van der Waals surface area contributed by atoms with E-state index in [1.807, 2.05) is 0 Å². The molecule has 2 nitrogen and oxygen atoms in total. The molecule has 0 unspecified atom stereocenters. The second-order valence-electron chi connectivity index (χ2n) is 7.32. The van der Waals surface area contributed by atoms with Gasteiger partial charge in [0.2, 0.25) is 0 Å². The van der Waals surface area contributed by atoms with E-state index in [9.17, 15) is 13.2 Å². The average molecular weight is 413 g/mol. The van der Waals surface area contributed by atoms with Crippen LogP contribution in [-0.2, 0) is 6.54 Å². The summed E-state index contributed by atoms with van der Waals surface area (Å²) in [6.45, 7) is 6.09. The summed E-state index contributed by atoms with van der Waals surface area (Å²) >= 11 is 0. The van der Waals surface area contributed by atoms with Gasteiger partial charge in [-0.15, -0.1) is 24.8 Å². The first-order valence-electron chi connectivity index (χ1n) is 9.02. The van der Waals surface area contributed by atoms with Gasteiger partial charge in [0.15, 0.2) is 0 Å². The first kappa shape index (κ1) is 23.5. The highest BCUT2D eigenvalue weighted by atomic mass is 35.5. The molecule has 0 amide bonds. The topological polar surface area (TPSA) is 15.3 Å². The van der Waals surface area contributed by atoms with Crippen LogP contribution in [0.15, 0.2) is 18.2 Å². The van der Waals surface area contributed by atoms with Crippen LogP contribution in [0.2, 0.25) is 0 Å². The Morgan fingerprint density at radius 1 is 1.04 bits per heavy atom. The molecule has 1 N–H and O–H groups in total. The van der Waals surface area contributed by atoms with Gasteiger partial charge in [0.05, 0.1) is 5.92 Å². The predicted octanol–water partition coefficient (Wildman–Crippen LogP) is 5.08. The smallest absolute Gasteiger partial charge is 0.317 e. The number of piperidine rings is 2. The summed E-state index contributed by atoms with van der Waals surface area (Å²) in [5.74, 6) is -0.537. The van der Waals surface area contributed by atoms with Crippen LogP contribution in [0.3, 0.4) is 0 Å². The summed E-state index contributed by atoms with van der Waals surface area (Å²) in [6.07, 6.45) is -1.27. The number of halogens is 5. The van der Waals surface area contributed by atoms with E-state index in [0.717, 1.165) is 32.5 Å². The minimum Gasteiger partial charge on any atom is -0.317 e. The maximum atomic E-state index is 12.8. The number of benzene rings is 1. The molecule has 0 aliphatic carbocycles. The highest BCUT2D eigenvalue weighted by molar-refractivity contribution is 5.85. The van der Waals surface area contributed by atoms with E-state index in [0.29, 0.717) is 19.0 Å². The SMILES string of the molecule is Cc1ccc(CN2CCC(C(F)(F)F)CC2)c(C2CCNCC2)c1.Cl.Cl. The van der Waals surface area contributed by atoms with Gasteiger partial charge in [0.1, 0.15) is 0 Å². The number of hydrogen-bond acceptors (Lipinski definition) is 2. The third kappa shape index (κ3) is 6.01. The highest BCUT2D eigenvalue weighted by Crippen LogP contribution is 2.35. The summed E-state index contributed by atoms with van der Waals surface area (Å²) in [4.78, 5) is 2.19. The van der Waals surface area contributed by atoms with Crippen LogP contribution in [0.4, 0.5) is 13.2 Å². The fourth-order valence-electron chi connectivity index (χ4n) is 4.03. The van der Waals surface area contributed by atoms with Crippen molar-refractivity contribution in [3.63, 3.8) is 0 Å². The van der Waals surface area contributed by atoms with Crippen LogP contribution in [0.5, 0.6) is 0 Å². The van der Waals surface area contributed by atoms with Gasteiger partial charge >= 0.3 is 6.18 Å². The minimum atomic E-state index is -4.03. The molecule has 2 saturated heterocycles. The molecule has 0 atom stereocenters. The lowest BCUT2D eigenvalue weighted by Gasteiger charge is -2.34. The van der Waals surface area contributed by atoms with E-state index >= 15 is 0 Å². The number of aryl methyl sites for hydroxylation is 1. The van der Waals surface area contributed by atoms with Crippen molar-refractivity contribution < 1.29 is 13.2 Å². The number of rotatable bonds is 3. The lowest BCUT2D eigenvalue weighted by Crippen LogP contribution is -2.38. The van der Waals surface area contributed by atoms with Gasteiger partial charge in [-0.1, -0.05) is 23.8 Å².